The molecule has 0 aliphatic heterocycles. The van der Waals surface area contributed by atoms with Crippen molar-refractivity contribution in [2.75, 3.05) is 12.0 Å². The van der Waals surface area contributed by atoms with E-state index < -0.39 is 0 Å². The van der Waals surface area contributed by atoms with Gasteiger partial charge in [0.25, 0.3) is 0 Å². The average molecular weight is 521 g/mol. The Kier molecular flexibility index (Phi) is 6.97. The van der Waals surface area contributed by atoms with Crippen molar-refractivity contribution in [3.8, 4) is 45.1 Å². The SMILES string of the molecule is COc1ccc(-c2cc(-c3ccc(N(c4ccccc4)c4ccccc4)cc3)cc(-c3ccc(O)cc3)n2)cc1. The maximum absolute atomic E-state index is 9.82. The number of methoxy groups -OCH3 is 1. The molecule has 0 saturated carbocycles. The van der Waals surface area contributed by atoms with E-state index in [1.165, 1.54) is 0 Å². The number of anilines is 3. The first-order valence-electron chi connectivity index (χ1n) is 13.1. The van der Waals surface area contributed by atoms with Gasteiger partial charge in [0.15, 0.2) is 0 Å². The first kappa shape index (κ1) is 25.0. The summed E-state index contributed by atoms with van der Waals surface area (Å²) in [5, 5.41) is 9.82. The number of para-hydroxylation sites is 2. The van der Waals surface area contributed by atoms with Crippen LogP contribution in [0.3, 0.4) is 0 Å². The summed E-state index contributed by atoms with van der Waals surface area (Å²) in [6.45, 7) is 0. The molecule has 0 bridgehead atoms. The van der Waals surface area contributed by atoms with Crippen molar-refractivity contribution in [1.29, 1.82) is 0 Å². The van der Waals surface area contributed by atoms with Crippen LogP contribution in [0.25, 0.3) is 33.6 Å². The van der Waals surface area contributed by atoms with Crippen molar-refractivity contribution in [3.05, 3.63) is 146 Å². The van der Waals surface area contributed by atoms with Gasteiger partial charge in [-0.1, -0.05) is 48.5 Å². The minimum Gasteiger partial charge on any atom is -0.508 e. The molecule has 0 fully saturated rings. The highest BCUT2D eigenvalue weighted by Crippen LogP contribution is 2.36. The Hall–Kier alpha value is -5.35. The largest absolute Gasteiger partial charge is 0.508 e. The van der Waals surface area contributed by atoms with E-state index in [9.17, 15) is 5.11 Å². The van der Waals surface area contributed by atoms with Crippen LogP contribution in [0.2, 0.25) is 0 Å². The fraction of sp³-hybridized carbons (Fsp3) is 0.0278. The van der Waals surface area contributed by atoms with Crippen LogP contribution in [-0.2, 0) is 0 Å². The lowest BCUT2D eigenvalue weighted by molar-refractivity contribution is 0.415. The van der Waals surface area contributed by atoms with Crippen LogP contribution < -0.4 is 9.64 Å². The van der Waals surface area contributed by atoms with Gasteiger partial charge in [0, 0.05) is 28.2 Å². The number of benzene rings is 5. The van der Waals surface area contributed by atoms with Gasteiger partial charge in [-0.15, -0.1) is 0 Å². The van der Waals surface area contributed by atoms with Crippen molar-refractivity contribution in [2.24, 2.45) is 0 Å². The van der Waals surface area contributed by atoms with Gasteiger partial charge in [-0.25, -0.2) is 4.98 Å². The van der Waals surface area contributed by atoms with Crippen molar-refractivity contribution in [1.82, 2.24) is 4.98 Å². The minimum atomic E-state index is 0.229. The predicted molar refractivity (Wildman–Crippen MR) is 163 cm³/mol. The van der Waals surface area contributed by atoms with Crippen LogP contribution in [0.15, 0.2) is 146 Å². The highest BCUT2D eigenvalue weighted by atomic mass is 16.5. The van der Waals surface area contributed by atoms with Crippen molar-refractivity contribution < 1.29 is 9.84 Å². The smallest absolute Gasteiger partial charge is 0.118 e. The van der Waals surface area contributed by atoms with E-state index in [4.69, 9.17) is 9.72 Å². The molecule has 1 aromatic heterocycles. The molecule has 6 aromatic rings. The molecule has 4 heteroatoms. The molecule has 0 amide bonds. The lowest BCUT2D eigenvalue weighted by atomic mass is 9.99. The first-order chi connectivity index (χ1) is 19.7. The van der Waals surface area contributed by atoms with Crippen LogP contribution >= 0.6 is 0 Å². The summed E-state index contributed by atoms with van der Waals surface area (Å²) in [5.41, 5.74) is 9.05. The summed E-state index contributed by atoms with van der Waals surface area (Å²) in [7, 11) is 1.66. The molecule has 0 aliphatic carbocycles. The third kappa shape index (κ3) is 5.29. The second-order valence-corrected chi connectivity index (χ2v) is 9.46. The number of phenolic OH excluding ortho intramolecular Hbond substituents is 1. The van der Waals surface area contributed by atoms with E-state index in [1.807, 2.05) is 48.5 Å². The molecule has 0 aliphatic rings. The summed E-state index contributed by atoms with van der Waals surface area (Å²) in [6, 6.07) is 48.7. The van der Waals surface area contributed by atoms with Gasteiger partial charge in [-0.05, 0) is 108 Å². The van der Waals surface area contributed by atoms with Gasteiger partial charge >= 0.3 is 0 Å². The van der Waals surface area contributed by atoms with Gasteiger partial charge in [0.05, 0.1) is 18.5 Å². The van der Waals surface area contributed by atoms with Crippen molar-refractivity contribution >= 4 is 17.1 Å². The molecule has 0 atom stereocenters. The number of hydrogen-bond acceptors (Lipinski definition) is 4. The number of aromatic nitrogens is 1. The van der Waals surface area contributed by atoms with Gasteiger partial charge in [0.1, 0.15) is 11.5 Å². The molecule has 0 saturated heterocycles. The number of nitrogens with zero attached hydrogens (tertiary/aromatic N) is 2. The normalized spacial score (nSPS) is 10.7. The van der Waals surface area contributed by atoms with Crippen LogP contribution in [0.1, 0.15) is 0 Å². The number of phenols is 1. The molecule has 1 N–H and O–H groups in total. The quantitative estimate of drug-likeness (QED) is 0.228. The maximum Gasteiger partial charge on any atom is 0.118 e. The molecule has 1 heterocycles. The second kappa shape index (κ2) is 11.2. The summed E-state index contributed by atoms with van der Waals surface area (Å²) in [6.07, 6.45) is 0. The number of hydrogen-bond donors (Lipinski definition) is 1. The van der Waals surface area contributed by atoms with Crippen LogP contribution in [0.5, 0.6) is 11.5 Å². The number of ether oxygens (including phenoxy) is 1. The Morgan fingerprint density at radius 3 is 1.45 bits per heavy atom. The van der Waals surface area contributed by atoms with E-state index in [2.05, 4.69) is 89.8 Å². The third-order valence-corrected chi connectivity index (χ3v) is 6.86. The fourth-order valence-electron chi connectivity index (χ4n) is 4.79. The summed E-state index contributed by atoms with van der Waals surface area (Å²) in [5.74, 6) is 1.03. The van der Waals surface area contributed by atoms with E-state index in [0.717, 1.165) is 56.5 Å². The standard InChI is InChI=1S/C36H28N2O2/c1-40-34-22-16-28(17-23-34)36-25-29(24-35(37-36)27-14-20-33(39)21-15-27)26-12-18-32(19-13-26)38(30-8-4-2-5-9-30)31-10-6-3-7-11-31/h2-25,39H,1H3. The van der Waals surface area contributed by atoms with E-state index in [0.29, 0.717) is 0 Å². The third-order valence-electron chi connectivity index (χ3n) is 6.86. The van der Waals surface area contributed by atoms with E-state index in [1.54, 1.807) is 19.2 Å². The molecule has 0 unspecified atom stereocenters. The monoisotopic (exact) mass is 520 g/mol. The Morgan fingerprint density at radius 2 is 0.950 bits per heavy atom. The zero-order valence-corrected chi connectivity index (χ0v) is 22.1. The number of rotatable bonds is 7. The van der Waals surface area contributed by atoms with Crippen molar-refractivity contribution in [2.45, 2.75) is 0 Å². The highest BCUT2D eigenvalue weighted by molar-refractivity contribution is 5.80. The Balaban J connectivity index is 1.43. The van der Waals surface area contributed by atoms with E-state index in [-0.39, 0.29) is 5.75 Å². The fourth-order valence-corrected chi connectivity index (χ4v) is 4.79. The molecular weight excluding hydrogens is 492 g/mol. The van der Waals surface area contributed by atoms with Crippen LogP contribution in [0.4, 0.5) is 17.1 Å². The summed E-state index contributed by atoms with van der Waals surface area (Å²) >= 11 is 0. The van der Waals surface area contributed by atoms with Gasteiger partial charge < -0.3 is 14.7 Å². The zero-order valence-electron chi connectivity index (χ0n) is 22.1. The number of pyridine rings is 1. The Bertz CT molecular complexity index is 1660. The predicted octanol–water partition coefficient (Wildman–Crippen LogP) is 9.27. The van der Waals surface area contributed by atoms with Gasteiger partial charge in [-0.2, -0.15) is 0 Å². The first-order valence-corrected chi connectivity index (χ1v) is 13.1. The minimum absolute atomic E-state index is 0.229. The number of aromatic hydroxyl groups is 1. The lowest BCUT2D eigenvalue weighted by Crippen LogP contribution is -2.09. The molecule has 40 heavy (non-hydrogen) atoms. The second-order valence-electron chi connectivity index (χ2n) is 9.46. The summed E-state index contributed by atoms with van der Waals surface area (Å²) in [4.78, 5) is 7.23. The molecular formula is C36H28N2O2. The molecule has 5 aromatic carbocycles. The van der Waals surface area contributed by atoms with Crippen LogP contribution in [-0.4, -0.2) is 17.2 Å². The molecule has 4 nitrogen and oxygen atoms in total. The lowest BCUT2D eigenvalue weighted by Gasteiger charge is -2.25. The van der Waals surface area contributed by atoms with Gasteiger partial charge in [-0.3, -0.25) is 0 Å². The molecule has 194 valence electrons. The van der Waals surface area contributed by atoms with Gasteiger partial charge in [0.2, 0.25) is 0 Å². The zero-order chi connectivity index (χ0) is 27.3. The molecule has 0 spiro atoms. The molecule has 0 radical (unpaired) electrons. The Morgan fingerprint density at radius 1 is 0.500 bits per heavy atom. The summed E-state index contributed by atoms with van der Waals surface area (Å²) < 4.78 is 5.35. The van der Waals surface area contributed by atoms with E-state index >= 15 is 0 Å². The van der Waals surface area contributed by atoms with Crippen molar-refractivity contribution in [3.63, 3.8) is 0 Å². The average Bonchev–Trinajstić information content (AvgIpc) is 3.03. The Labute approximate surface area is 234 Å². The highest BCUT2D eigenvalue weighted by Gasteiger charge is 2.13. The maximum atomic E-state index is 9.82. The van der Waals surface area contributed by atoms with Crippen LogP contribution in [0, 0.1) is 0 Å². The molecule has 6 rings (SSSR count). The topological polar surface area (TPSA) is 45.6 Å².